The summed E-state index contributed by atoms with van der Waals surface area (Å²) in [4.78, 5) is 38.2. The zero-order valence-electron chi connectivity index (χ0n) is 15.0. The molecule has 0 saturated heterocycles. The van der Waals surface area contributed by atoms with E-state index in [0.717, 1.165) is 0 Å². The maximum atomic E-state index is 13.0. The number of carbonyl (C=O) groups is 2. The normalized spacial score (nSPS) is 15.1. The van der Waals surface area contributed by atoms with Gasteiger partial charge in [0.1, 0.15) is 18.8 Å². The molecule has 0 saturated carbocycles. The molecule has 28 heavy (non-hydrogen) atoms. The number of carbonyl (C=O) groups excluding carboxylic acids is 1. The number of nitrogens with zero attached hydrogens (tertiary/aromatic N) is 2. The first kappa shape index (κ1) is 18.4. The van der Waals surface area contributed by atoms with Crippen LogP contribution in [0.3, 0.4) is 0 Å². The van der Waals surface area contributed by atoms with Gasteiger partial charge in [0.2, 0.25) is 5.91 Å². The molecule has 2 aliphatic heterocycles. The van der Waals surface area contributed by atoms with Crippen LogP contribution in [0, 0.1) is 0 Å². The lowest BCUT2D eigenvalue weighted by molar-refractivity contribution is -0.129. The summed E-state index contributed by atoms with van der Waals surface area (Å²) in [6.45, 7) is 2.81. The van der Waals surface area contributed by atoms with Crippen LogP contribution in [-0.2, 0) is 17.8 Å². The zero-order valence-corrected chi connectivity index (χ0v) is 15.8. The Hall–Kier alpha value is -3.00. The Labute approximate surface area is 164 Å². The number of fused-ring (bicyclic) bond motifs is 2. The van der Waals surface area contributed by atoms with Gasteiger partial charge in [-0.2, -0.15) is 0 Å². The van der Waals surface area contributed by atoms with E-state index in [-0.39, 0.29) is 23.0 Å². The largest absolute Gasteiger partial charge is 0.486 e. The highest BCUT2D eigenvalue weighted by Gasteiger charge is 2.28. The number of benzene rings is 1. The number of ether oxygens (including phenoxy) is 2. The molecule has 1 amide bonds. The average Bonchev–Trinajstić information content (AvgIpc) is 2.66. The molecule has 4 rings (SSSR count). The monoisotopic (exact) mass is 404 g/mol. The number of hydrogen-bond donors (Lipinski definition) is 1. The van der Waals surface area contributed by atoms with E-state index in [4.69, 9.17) is 21.1 Å². The number of halogens is 1. The second-order valence-corrected chi connectivity index (χ2v) is 7.03. The minimum Gasteiger partial charge on any atom is -0.486 e. The van der Waals surface area contributed by atoms with Crippen molar-refractivity contribution >= 4 is 23.5 Å². The topological polar surface area (TPSA) is 98.1 Å². The van der Waals surface area contributed by atoms with Gasteiger partial charge in [-0.3, -0.25) is 14.2 Å². The first-order chi connectivity index (χ1) is 13.4. The molecule has 0 fully saturated rings. The summed E-state index contributed by atoms with van der Waals surface area (Å²) in [6.07, 6.45) is 1.86. The highest BCUT2D eigenvalue weighted by atomic mass is 35.5. The van der Waals surface area contributed by atoms with E-state index >= 15 is 0 Å². The Kier molecular flexibility index (Phi) is 4.50. The van der Waals surface area contributed by atoms with E-state index in [9.17, 15) is 19.5 Å². The fourth-order valence-corrected chi connectivity index (χ4v) is 3.81. The number of carboxylic acids is 1. The lowest BCUT2D eigenvalue weighted by Gasteiger charge is -2.29. The van der Waals surface area contributed by atoms with Crippen molar-refractivity contribution in [3.05, 3.63) is 50.4 Å². The van der Waals surface area contributed by atoms with Gasteiger partial charge < -0.3 is 19.5 Å². The van der Waals surface area contributed by atoms with Gasteiger partial charge in [0, 0.05) is 38.3 Å². The van der Waals surface area contributed by atoms with Crippen LogP contribution in [0.15, 0.2) is 23.1 Å². The summed E-state index contributed by atoms with van der Waals surface area (Å²) in [6, 6.07) is 3.10. The Morgan fingerprint density at radius 2 is 1.86 bits per heavy atom. The SMILES string of the molecule is CC(=O)N1CCc2c(cn(-c3cc4c(cc3Cl)OCCO4)c(=O)c2C(=O)O)C1. The Balaban J connectivity index is 1.92. The molecular formula is C19H17ClN2O6. The number of hydrogen-bond acceptors (Lipinski definition) is 5. The smallest absolute Gasteiger partial charge is 0.341 e. The Morgan fingerprint density at radius 1 is 1.18 bits per heavy atom. The number of rotatable bonds is 2. The number of aromatic nitrogens is 1. The van der Waals surface area contributed by atoms with Crippen LogP contribution in [0.2, 0.25) is 5.02 Å². The summed E-state index contributed by atoms with van der Waals surface area (Å²) in [5, 5.41) is 9.88. The summed E-state index contributed by atoms with van der Waals surface area (Å²) >= 11 is 6.35. The highest BCUT2D eigenvalue weighted by molar-refractivity contribution is 6.32. The first-order valence-electron chi connectivity index (χ1n) is 8.72. The minimum atomic E-state index is -1.31. The predicted octanol–water partition coefficient (Wildman–Crippen LogP) is 1.86. The minimum absolute atomic E-state index is 0.113. The predicted molar refractivity (Wildman–Crippen MR) is 99.8 cm³/mol. The van der Waals surface area contributed by atoms with Crippen molar-refractivity contribution in [1.82, 2.24) is 9.47 Å². The molecule has 146 valence electrons. The Morgan fingerprint density at radius 3 is 2.50 bits per heavy atom. The molecule has 0 bridgehead atoms. The van der Waals surface area contributed by atoms with Crippen LogP contribution < -0.4 is 15.0 Å². The van der Waals surface area contributed by atoms with E-state index in [2.05, 4.69) is 0 Å². The lowest BCUT2D eigenvalue weighted by atomic mass is 9.96. The van der Waals surface area contributed by atoms with Crippen molar-refractivity contribution in [2.45, 2.75) is 19.9 Å². The van der Waals surface area contributed by atoms with Crippen LogP contribution in [0.4, 0.5) is 0 Å². The molecule has 1 aromatic heterocycles. The first-order valence-corrected chi connectivity index (χ1v) is 9.10. The maximum Gasteiger partial charge on any atom is 0.341 e. The molecule has 3 heterocycles. The number of carboxylic acid groups (broad SMARTS) is 1. The molecule has 0 unspecified atom stereocenters. The van der Waals surface area contributed by atoms with Gasteiger partial charge in [0.25, 0.3) is 5.56 Å². The number of amides is 1. The zero-order chi connectivity index (χ0) is 20.0. The maximum absolute atomic E-state index is 13.0. The van der Waals surface area contributed by atoms with Crippen molar-refractivity contribution in [1.29, 1.82) is 0 Å². The third-order valence-corrected chi connectivity index (χ3v) is 5.23. The van der Waals surface area contributed by atoms with Crippen LogP contribution >= 0.6 is 11.6 Å². The lowest BCUT2D eigenvalue weighted by Crippen LogP contribution is -2.38. The summed E-state index contributed by atoms with van der Waals surface area (Å²) in [7, 11) is 0. The second-order valence-electron chi connectivity index (χ2n) is 6.63. The average molecular weight is 405 g/mol. The van der Waals surface area contributed by atoms with Crippen molar-refractivity contribution in [3.8, 4) is 17.2 Å². The molecule has 2 aromatic rings. The molecular weight excluding hydrogens is 388 g/mol. The van der Waals surface area contributed by atoms with Gasteiger partial charge >= 0.3 is 5.97 Å². The van der Waals surface area contributed by atoms with E-state index in [0.29, 0.717) is 54.5 Å². The van der Waals surface area contributed by atoms with Crippen molar-refractivity contribution in [3.63, 3.8) is 0 Å². The van der Waals surface area contributed by atoms with Crippen molar-refractivity contribution in [2.75, 3.05) is 19.8 Å². The standard InChI is InChI=1S/C19H17ClN2O6/c1-10(23)21-3-2-12-11(8-21)9-22(18(24)17(12)19(25)26)14-7-16-15(6-13(14)20)27-4-5-28-16/h6-7,9H,2-5,8H2,1H3,(H,25,26). The molecule has 0 radical (unpaired) electrons. The van der Waals surface area contributed by atoms with E-state index in [1.807, 2.05) is 0 Å². The van der Waals surface area contributed by atoms with Gasteiger partial charge in [-0.25, -0.2) is 4.79 Å². The van der Waals surface area contributed by atoms with E-state index in [1.165, 1.54) is 11.5 Å². The third-order valence-electron chi connectivity index (χ3n) is 4.93. The van der Waals surface area contributed by atoms with Gasteiger partial charge in [-0.1, -0.05) is 11.6 Å². The molecule has 8 nitrogen and oxygen atoms in total. The highest BCUT2D eigenvalue weighted by Crippen LogP contribution is 2.37. The molecule has 9 heteroatoms. The number of pyridine rings is 1. The summed E-state index contributed by atoms with van der Waals surface area (Å²) in [5.41, 5.74) is 0.373. The van der Waals surface area contributed by atoms with Crippen LogP contribution in [0.1, 0.15) is 28.4 Å². The third kappa shape index (κ3) is 2.99. The van der Waals surface area contributed by atoms with Crippen LogP contribution in [0.5, 0.6) is 11.5 Å². The van der Waals surface area contributed by atoms with E-state index < -0.39 is 11.5 Å². The van der Waals surface area contributed by atoms with Gasteiger partial charge in [0.15, 0.2) is 11.5 Å². The fraction of sp³-hybridized carbons (Fsp3) is 0.316. The van der Waals surface area contributed by atoms with Gasteiger partial charge in [-0.05, 0) is 17.5 Å². The van der Waals surface area contributed by atoms with Crippen LogP contribution in [0.25, 0.3) is 5.69 Å². The van der Waals surface area contributed by atoms with Gasteiger partial charge in [-0.15, -0.1) is 0 Å². The molecule has 1 aromatic carbocycles. The fourth-order valence-electron chi connectivity index (χ4n) is 3.56. The second kappa shape index (κ2) is 6.87. The summed E-state index contributed by atoms with van der Waals surface area (Å²) in [5.74, 6) is -0.525. The molecule has 1 N–H and O–H groups in total. The van der Waals surface area contributed by atoms with Crippen LogP contribution in [-0.4, -0.2) is 46.2 Å². The number of aromatic carboxylic acids is 1. The van der Waals surface area contributed by atoms with E-state index in [1.54, 1.807) is 23.2 Å². The summed E-state index contributed by atoms with van der Waals surface area (Å²) < 4.78 is 12.2. The molecule has 0 spiro atoms. The van der Waals surface area contributed by atoms with Crippen molar-refractivity contribution in [2.24, 2.45) is 0 Å². The molecule has 2 aliphatic rings. The van der Waals surface area contributed by atoms with Crippen molar-refractivity contribution < 1.29 is 24.2 Å². The quantitative estimate of drug-likeness (QED) is 0.820. The molecule has 0 atom stereocenters. The molecule has 0 aliphatic carbocycles. The Bertz CT molecular complexity index is 1060. The van der Waals surface area contributed by atoms with Gasteiger partial charge in [0.05, 0.1) is 10.7 Å².